The van der Waals surface area contributed by atoms with E-state index in [2.05, 4.69) is 0 Å². The van der Waals surface area contributed by atoms with E-state index < -0.39 is 17.5 Å². The summed E-state index contributed by atoms with van der Waals surface area (Å²) in [5.74, 6) is -0.941. The molecule has 1 aliphatic heterocycles. The largest absolute Gasteiger partial charge is 0.481 e. The highest BCUT2D eigenvalue weighted by atomic mass is 19.4. The molecule has 0 bridgehead atoms. The average molecular weight is 297 g/mol. The SMILES string of the molecule is [B]C1(C(F)(F)F)C=CC=CC(N2CCC(CC(=O)O)C2)=C1. The van der Waals surface area contributed by atoms with Gasteiger partial charge in [0.15, 0.2) is 0 Å². The summed E-state index contributed by atoms with van der Waals surface area (Å²) in [6.07, 6.45) is 2.37. The van der Waals surface area contributed by atoms with Gasteiger partial charge in [0, 0.05) is 25.2 Å². The summed E-state index contributed by atoms with van der Waals surface area (Å²) in [4.78, 5) is 12.5. The molecule has 1 fully saturated rings. The van der Waals surface area contributed by atoms with Gasteiger partial charge >= 0.3 is 12.1 Å². The monoisotopic (exact) mass is 297 g/mol. The summed E-state index contributed by atoms with van der Waals surface area (Å²) < 4.78 is 39.2. The summed E-state index contributed by atoms with van der Waals surface area (Å²) in [6, 6.07) is 0. The Morgan fingerprint density at radius 1 is 1.48 bits per heavy atom. The van der Waals surface area contributed by atoms with Crippen LogP contribution in [0.15, 0.2) is 36.1 Å². The molecule has 2 aliphatic rings. The third kappa shape index (κ3) is 3.51. The number of aliphatic carboxylic acids is 1. The molecular weight excluding hydrogens is 282 g/mol. The maximum Gasteiger partial charge on any atom is 0.393 e. The zero-order valence-electron chi connectivity index (χ0n) is 11.3. The molecule has 1 aliphatic carbocycles. The molecule has 1 heterocycles. The standard InChI is InChI=1S/C14H15BF3NO2/c15-13(14(16,17)18)5-2-1-3-11(8-13)19-6-4-10(9-19)7-12(20)21/h1-3,5,8,10H,4,6-7,9H2,(H,20,21). The highest BCUT2D eigenvalue weighted by Gasteiger charge is 2.47. The lowest BCUT2D eigenvalue weighted by molar-refractivity contribution is -0.142. The van der Waals surface area contributed by atoms with Gasteiger partial charge in [0.1, 0.15) is 0 Å². The van der Waals surface area contributed by atoms with E-state index in [1.54, 1.807) is 11.0 Å². The van der Waals surface area contributed by atoms with Crippen molar-refractivity contribution in [3.63, 3.8) is 0 Å². The van der Waals surface area contributed by atoms with Crippen LogP contribution in [0.5, 0.6) is 0 Å². The second kappa shape index (κ2) is 5.62. The smallest absolute Gasteiger partial charge is 0.393 e. The molecule has 0 saturated carbocycles. The molecule has 3 nitrogen and oxygen atoms in total. The fourth-order valence-electron chi connectivity index (χ4n) is 2.56. The summed E-state index contributed by atoms with van der Waals surface area (Å²) in [5, 5.41) is 6.28. The van der Waals surface area contributed by atoms with Crippen LogP contribution >= 0.6 is 0 Å². The molecule has 1 saturated heterocycles. The first-order valence-corrected chi connectivity index (χ1v) is 6.62. The molecule has 0 aromatic carbocycles. The van der Waals surface area contributed by atoms with Crippen molar-refractivity contribution >= 4 is 13.8 Å². The number of carboxylic acids is 1. The van der Waals surface area contributed by atoms with Crippen molar-refractivity contribution in [2.45, 2.75) is 24.3 Å². The second-order valence-electron chi connectivity index (χ2n) is 5.42. The van der Waals surface area contributed by atoms with Gasteiger partial charge in [0.2, 0.25) is 0 Å². The van der Waals surface area contributed by atoms with Crippen molar-refractivity contribution in [3.05, 3.63) is 36.1 Å². The lowest BCUT2D eigenvalue weighted by atomic mass is 9.67. The topological polar surface area (TPSA) is 40.5 Å². The fourth-order valence-corrected chi connectivity index (χ4v) is 2.56. The number of carboxylic acid groups (broad SMARTS) is 1. The van der Waals surface area contributed by atoms with Crippen molar-refractivity contribution in [1.82, 2.24) is 4.90 Å². The molecule has 0 aromatic rings. The molecule has 0 spiro atoms. The number of alkyl halides is 3. The molecule has 0 amide bonds. The Morgan fingerprint density at radius 3 is 2.81 bits per heavy atom. The Balaban J connectivity index is 2.18. The van der Waals surface area contributed by atoms with Crippen LogP contribution in [0.3, 0.4) is 0 Å². The Morgan fingerprint density at radius 2 is 2.19 bits per heavy atom. The van der Waals surface area contributed by atoms with Crippen LogP contribution in [-0.4, -0.2) is 43.1 Å². The predicted molar refractivity (Wildman–Crippen MR) is 72.8 cm³/mol. The highest BCUT2D eigenvalue weighted by Crippen LogP contribution is 2.46. The first-order chi connectivity index (χ1) is 9.71. The van der Waals surface area contributed by atoms with Crippen LogP contribution < -0.4 is 0 Å². The van der Waals surface area contributed by atoms with Crippen molar-refractivity contribution in [3.8, 4) is 0 Å². The van der Waals surface area contributed by atoms with Crippen LogP contribution in [0.1, 0.15) is 12.8 Å². The molecule has 2 radical (unpaired) electrons. The third-order valence-electron chi connectivity index (χ3n) is 3.74. The van der Waals surface area contributed by atoms with Gasteiger partial charge < -0.3 is 10.0 Å². The predicted octanol–water partition coefficient (Wildman–Crippen LogP) is 2.68. The van der Waals surface area contributed by atoms with E-state index in [4.69, 9.17) is 13.0 Å². The highest BCUT2D eigenvalue weighted by molar-refractivity contribution is 6.19. The minimum absolute atomic E-state index is 0.0266. The van der Waals surface area contributed by atoms with Gasteiger partial charge in [-0.1, -0.05) is 24.3 Å². The van der Waals surface area contributed by atoms with Gasteiger partial charge in [0.05, 0.1) is 13.2 Å². The van der Waals surface area contributed by atoms with Crippen LogP contribution in [0, 0.1) is 5.92 Å². The zero-order valence-corrected chi connectivity index (χ0v) is 11.3. The van der Waals surface area contributed by atoms with Gasteiger partial charge in [0.25, 0.3) is 0 Å². The number of allylic oxidation sites excluding steroid dienone is 5. The third-order valence-corrected chi connectivity index (χ3v) is 3.74. The van der Waals surface area contributed by atoms with E-state index in [9.17, 15) is 18.0 Å². The van der Waals surface area contributed by atoms with E-state index in [0.29, 0.717) is 25.2 Å². The molecule has 1 N–H and O–H groups in total. The maximum atomic E-state index is 13.1. The number of rotatable bonds is 3. The molecule has 2 atom stereocenters. The van der Waals surface area contributed by atoms with E-state index in [1.165, 1.54) is 12.2 Å². The lowest BCUT2D eigenvalue weighted by Gasteiger charge is -2.29. The molecule has 112 valence electrons. The number of carbonyl (C=O) groups is 1. The molecule has 2 rings (SSSR count). The normalized spacial score (nSPS) is 29.4. The molecule has 21 heavy (non-hydrogen) atoms. The quantitative estimate of drug-likeness (QED) is 0.814. The molecule has 0 aromatic heterocycles. The Labute approximate surface area is 122 Å². The van der Waals surface area contributed by atoms with Crippen molar-refractivity contribution in [2.75, 3.05) is 13.1 Å². The fraction of sp³-hybridized carbons (Fsp3) is 0.500. The maximum absolute atomic E-state index is 13.1. The summed E-state index contributed by atoms with van der Waals surface area (Å²) in [5.41, 5.74) is 0.382. The summed E-state index contributed by atoms with van der Waals surface area (Å²) >= 11 is 0. The van der Waals surface area contributed by atoms with Gasteiger partial charge in [-0.2, -0.15) is 13.2 Å². The Hall–Kier alpha value is -1.66. The molecule has 2 unspecified atom stereocenters. The zero-order chi connectivity index (χ0) is 15.7. The average Bonchev–Trinajstić information content (AvgIpc) is 2.69. The van der Waals surface area contributed by atoms with Gasteiger partial charge in [-0.05, 0) is 18.4 Å². The van der Waals surface area contributed by atoms with Crippen LogP contribution in [0.4, 0.5) is 13.2 Å². The Kier molecular flexibility index (Phi) is 4.21. The minimum Gasteiger partial charge on any atom is -0.481 e. The summed E-state index contributed by atoms with van der Waals surface area (Å²) in [6.45, 7) is 0.957. The minimum atomic E-state index is -4.58. The molecular formula is C14H15BF3NO2. The summed E-state index contributed by atoms with van der Waals surface area (Å²) in [7, 11) is 5.46. The van der Waals surface area contributed by atoms with Gasteiger partial charge in [-0.25, -0.2) is 0 Å². The number of likely N-dealkylation sites (tertiary alicyclic amines) is 1. The van der Waals surface area contributed by atoms with E-state index in [0.717, 1.165) is 12.2 Å². The van der Waals surface area contributed by atoms with E-state index in [-0.39, 0.29) is 12.3 Å². The number of nitrogens with zero attached hydrogens (tertiary/aromatic N) is 1. The van der Waals surface area contributed by atoms with Crippen LogP contribution in [0.25, 0.3) is 0 Å². The Bertz CT molecular complexity index is 513. The van der Waals surface area contributed by atoms with Gasteiger partial charge in [-0.15, -0.1) is 0 Å². The second-order valence-corrected chi connectivity index (χ2v) is 5.42. The van der Waals surface area contributed by atoms with E-state index >= 15 is 0 Å². The van der Waals surface area contributed by atoms with Crippen LogP contribution in [-0.2, 0) is 4.79 Å². The van der Waals surface area contributed by atoms with E-state index in [1.807, 2.05) is 0 Å². The number of hydrogen-bond acceptors (Lipinski definition) is 2. The van der Waals surface area contributed by atoms with Crippen molar-refractivity contribution in [1.29, 1.82) is 0 Å². The number of halogens is 3. The molecule has 7 heteroatoms. The van der Waals surface area contributed by atoms with Crippen LogP contribution in [0.2, 0.25) is 5.31 Å². The first kappa shape index (κ1) is 15.7. The van der Waals surface area contributed by atoms with Crippen molar-refractivity contribution in [2.24, 2.45) is 5.92 Å². The van der Waals surface area contributed by atoms with Crippen molar-refractivity contribution < 1.29 is 23.1 Å². The first-order valence-electron chi connectivity index (χ1n) is 6.62. The lowest BCUT2D eigenvalue weighted by Crippen LogP contribution is -2.30. The number of hydrogen-bond donors (Lipinski definition) is 1. The van der Waals surface area contributed by atoms with Gasteiger partial charge in [-0.3, -0.25) is 4.79 Å².